The van der Waals surface area contributed by atoms with Crippen LogP contribution >= 0.6 is 0 Å². The highest BCUT2D eigenvalue weighted by atomic mass is 16.2. The molecule has 3 N–H and O–H groups in total. The molecule has 0 atom stereocenters. The van der Waals surface area contributed by atoms with Crippen molar-refractivity contribution in [2.24, 2.45) is 0 Å². The van der Waals surface area contributed by atoms with Crippen LogP contribution in [0.25, 0.3) is 10.8 Å². The number of urea groups is 1. The molecular formula is C30H30N4O2. The second kappa shape index (κ2) is 11.0. The molecule has 0 unspecified atom stereocenters. The second-order valence-electron chi connectivity index (χ2n) is 9.02. The van der Waals surface area contributed by atoms with Gasteiger partial charge in [-0.15, -0.1) is 0 Å². The number of fused-ring (bicyclic) bond motifs is 1. The molecule has 4 aromatic carbocycles. The van der Waals surface area contributed by atoms with Gasteiger partial charge in [-0.2, -0.15) is 0 Å². The number of carbonyl (C=O) groups excluding carboxylic acids is 2. The van der Waals surface area contributed by atoms with E-state index in [-0.39, 0.29) is 11.9 Å². The van der Waals surface area contributed by atoms with Crippen molar-refractivity contribution in [3.05, 3.63) is 102 Å². The third kappa shape index (κ3) is 5.49. The van der Waals surface area contributed by atoms with Gasteiger partial charge in [0.25, 0.3) is 5.91 Å². The molecule has 5 rings (SSSR count). The minimum Gasteiger partial charge on any atom is -0.371 e. The van der Waals surface area contributed by atoms with Gasteiger partial charge < -0.3 is 20.9 Å². The standard InChI is InChI=1S/C30H30N4O2/c35-29(31-18-17-22-9-2-1-3-10-22)26-21-24(15-16-28(26)34-19-6-7-20-34)32-30(36)33-27-14-8-12-23-11-4-5-13-25(23)27/h1-5,8-16,21H,6-7,17-20H2,(H,31,35)(H2,32,33,36). The van der Waals surface area contributed by atoms with Crippen molar-refractivity contribution in [1.29, 1.82) is 0 Å². The average Bonchev–Trinajstić information content (AvgIpc) is 3.44. The molecule has 36 heavy (non-hydrogen) atoms. The van der Waals surface area contributed by atoms with Gasteiger partial charge in [0.1, 0.15) is 0 Å². The van der Waals surface area contributed by atoms with Crippen LogP contribution in [0.2, 0.25) is 0 Å². The molecule has 6 heteroatoms. The highest BCUT2D eigenvalue weighted by Crippen LogP contribution is 2.28. The average molecular weight is 479 g/mol. The summed E-state index contributed by atoms with van der Waals surface area (Å²) >= 11 is 0. The van der Waals surface area contributed by atoms with E-state index in [1.165, 1.54) is 5.56 Å². The monoisotopic (exact) mass is 478 g/mol. The Bertz CT molecular complexity index is 1360. The quantitative estimate of drug-likeness (QED) is 0.302. The van der Waals surface area contributed by atoms with Gasteiger partial charge >= 0.3 is 6.03 Å². The van der Waals surface area contributed by atoms with Gasteiger partial charge in [-0.25, -0.2) is 4.79 Å². The van der Waals surface area contributed by atoms with E-state index < -0.39 is 0 Å². The molecule has 1 saturated heterocycles. The maximum Gasteiger partial charge on any atom is 0.323 e. The molecule has 0 saturated carbocycles. The first-order chi connectivity index (χ1) is 17.7. The van der Waals surface area contributed by atoms with Gasteiger partial charge in [0, 0.05) is 36.4 Å². The first kappa shape index (κ1) is 23.4. The van der Waals surface area contributed by atoms with Crippen molar-refractivity contribution in [3.8, 4) is 0 Å². The zero-order valence-corrected chi connectivity index (χ0v) is 20.2. The third-order valence-corrected chi connectivity index (χ3v) is 6.53. The number of hydrogen-bond donors (Lipinski definition) is 3. The Morgan fingerprint density at radius 3 is 2.36 bits per heavy atom. The van der Waals surface area contributed by atoms with Gasteiger partial charge in [0.05, 0.1) is 11.3 Å². The van der Waals surface area contributed by atoms with Crippen LogP contribution in [0.15, 0.2) is 91.0 Å². The molecule has 0 bridgehead atoms. The smallest absolute Gasteiger partial charge is 0.323 e. The van der Waals surface area contributed by atoms with Gasteiger partial charge in [-0.3, -0.25) is 4.79 Å². The van der Waals surface area contributed by atoms with E-state index in [2.05, 4.69) is 33.0 Å². The summed E-state index contributed by atoms with van der Waals surface area (Å²) in [5, 5.41) is 10.9. The number of carbonyl (C=O) groups is 2. The topological polar surface area (TPSA) is 73.5 Å². The summed E-state index contributed by atoms with van der Waals surface area (Å²) in [6, 6.07) is 29.0. The molecule has 1 fully saturated rings. The fraction of sp³-hybridized carbons (Fsp3) is 0.200. The highest BCUT2D eigenvalue weighted by Gasteiger charge is 2.20. The lowest BCUT2D eigenvalue weighted by Gasteiger charge is -2.22. The van der Waals surface area contributed by atoms with Crippen LogP contribution in [0.5, 0.6) is 0 Å². The van der Waals surface area contributed by atoms with Crippen LogP contribution in [0.1, 0.15) is 28.8 Å². The summed E-state index contributed by atoms with van der Waals surface area (Å²) in [7, 11) is 0. The number of nitrogens with zero attached hydrogens (tertiary/aromatic N) is 1. The van der Waals surface area contributed by atoms with E-state index in [1.807, 2.05) is 72.8 Å². The van der Waals surface area contributed by atoms with E-state index in [1.54, 1.807) is 6.07 Å². The summed E-state index contributed by atoms with van der Waals surface area (Å²) in [6.07, 6.45) is 2.99. The minimum absolute atomic E-state index is 0.133. The predicted octanol–water partition coefficient (Wildman–Crippen LogP) is 6.06. The van der Waals surface area contributed by atoms with E-state index in [9.17, 15) is 9.59 Å². The summed E-state index contributed by atoms with van der Waals surface area (Å²) in [6.45, 7) is 2.40. The maximum absolute atomic E-state index is 13.2. The van der Waals surface area contributed by atoms with Gasteiger partial charge in [0.15, 0.2) is 0 Å². The number of hydrogen-bond acceptors (Lipinski definition) is 3. The summed E-state index contributed by atoms with van der Waals surface area (Å²) in [5.41, 5.74) is 3.97. The molecule has 0 spiro atoms. The molecule has 182 valence electrons. The minimum atomic E-state index is -0.351. The Kier molecular flexibility index (Phi) is 7.12. The molecular weight excluding hydrogens is 448 g/mol. The zero-order valence-electron chi connectivity index (χ0n) is 20.2. The number of anilines is 3. The number of rotatable bonds is 7. The van der Waals surface area contributed by atoms with Gasteiger partial charge in [-0.05, 0) is 54.5 Å². The maximum atomic E-state index is 13.2. The molecule has 0 radical (unpaired) electrons. The number of amides is 3. The lowest BCUT2D eigenvalue weighted by Crippen LogP contribution is -2.29. The van der Waals surface area contributed by atoms with E-state index >= 15 is 0 Å². The van der Waals surface area contributed by atoms with Crippen LogP contribution in [-0.2, 0) is 6.42 Å². The summed E-state index contributed by atoms with van der Waals surface area (Å²) in [4.78, 5) is 28.3. The highest BCUT2D eigenvalue weighted by molar-refractivity contribution is 6.07. The van der Waals surface area contributed by atoms with Crippen LogP contribution in [-0.4, -0.2) is 31.6 Å². The Balaban J connectivity index is 1.31. The fourth-order valence-corrected chi connectivity index (χ4v) is 4.71. The first-order valence-electron chi connectivity index (χ1n) is 12.4. The Labute approximate surface area is 211 Å². The first-order valence-corrected chi connectivity index (χ1v) is 12.4. The molecule has 6 nitrogen and oxygen atoms in total. The Hall–Kier alpha value is -4.32. The summed E-state index contributed by atoms with van der Waals surface area (Å²) in [5.74, 6) is -0.133. The fourth-order valence-electron chi connectivity index (χ4n) is 4.71. The lowest BCUT2D eigenvalue weighted by molar-refractivity contribution is 0.0954. The van der Waals surface area contributed by atoms with Crippen molar-refractivity contribution in [1.82, 2.24) is 5.32 Å². The molecule has 1 aliphatic heterocycles. The molecule has 3 amide bonds. The van der Waals surface area contributed by atoms with Crippen molar-refractivity contribution >= 4 is 39.8 Å². The van der Waals surface area contributed by atoms with E-state index in [0.717, 1.165) is 54.5 Å². The van der Waals surface area contributed by atoms with Crippen molar-refractivity contribution in [2.45, 2.75) is 19.3 Å². The van der Waals surface area contributed by atoms with Crippen LogP contribution < -0.4 is 20.9 Å². The zero-order chi connectivity index (χ0) is 24.7. The van der Waals surface area contributed by atoms with Crippen molar-refractivity contribution in [2.75, 3.05) is 35.2 Å². The Morgan fingerprint density at radius 2 is 1.53 bits per heavy atom. The molecule has 4 aromatic rings. The van der Waals surface area contributed by atoms with Gasteiger partial charge in [0.2, 0.25) is 0 Å². The largest absolute Gasteiger partial charge is 0.371 e. The molecule has 1 heterocycles. The predicted molar refractivity (Wildman–Crippen MR) is 147 cm³/mol. The van der Waals surface area contributed by atoms with Crippen molar-refractivity contribution < 1.29 is 9.59 Å². The third-order valence-electron chi connectivity index (χ3n) is 6.53. The molecule has 0 aromatic heterocycles. The van der Waals surface area contributed by atoms with Crippen LogP contribution in [0.3, 0.4) is 0 Å². The number of nitrogens with one attached hydrogen (secondary N) is 3. The molecule has 1 aliphatic rings. The SMILES string of the molecule is O=C(Nc1ccc(N2CCCC2)c(C(=O)NCCc2ccccc2)c1)Nc1cccc2ccccc12. The van der Waals surface area contributed by atoms with Crippen LogP contribution in [0, 0.1) is 0 Å². The van der Waals surface area contributed by atoms with E-state index in [0.29, 0.717) is 17.8 Å². The number of benzene rings is 4. The summed E-state index contributed by atoms with van der Waals surface area (Å²) < 4.78 is 0. The van der Waals surface area contributed by atoms with Gasteiger partial charge in [-0.1, -0.05) is 66.7 Å². The normalized spacial score (nSPS) is 12.9. The van der Waals surface area contributed by atoms with Crippen molar-refractivity contribution in [3.63, 3.8) is 0 Å². The van der Waals surface area contributed by atoms with E-state index in [4.69, 9.17) is 0 Å². The Morgan fingerprint density at radius 1 is 0.778 bits per heavy atom. The van der Waals surface area contributed by atoms with Crippen LogP contribution in [0.4, 0.5) is 21.9 Å². The molecule has 0 aliphatic carbocycles. The lowest BCUT2D eigenvalue weighted by atomic mass is 10.1. The second-order valence-corrected chi connectivity index (χ2v) is 9.02.